The van der Waals surface area contributed by atoms with Crippen LogP contribution < -0.4 is 10.1 Å². The third kappa shape index (κ3) is 5.51. The molecule has 3 aromatic carbocycles. The van der Waals surface area contributed by atoms with Gasteiger partial charge in [-0.05, 0) is 41.8 Å². The van der Waals surface area contributed by atoms with Crippen molar-refractivity contribution in [2.45, 2.75) is 40.3 Å². The van der Waals surface area contributed by atoms with Gasteiger partial charge in [0.1, 0.15) is 18.2 Å². The molecule has 0 radical (unpaired) electrons. The van der Waals surface area contributed by atoms with Crippen LogP contribution in [0.3, 0.4) is 0 Å². The van der Waals surface area contributed by atoms with E-state index in [0.717, 1.165) is 29.1 Å². The molecule has 1 heterocycles. The van der Waals surface area contributed by atoms with E-state index in [1.807, 2.05) is 56.3 Å². The standard InChI is InChI=1S/C24H22N2O3.C2H6/c1-16-6-4-9-19(23(16)24(27)28)15-29-20-10-5-7-17(12-20)14-25-22-13-18-8-2-3-11-21(18)26-22;1-2/h2-12H,13-15H2,1H3,(H,25,26)(H,27,28);1-2H3. The molecule has 0 amide bonds. The van der Waals surface area contributed by atoms with Gasteiger partial charge in [-0.1, -0.05) is 62.4 Å². The Morgan fingerprint density at radius 2 is 1.84 bits per heavy atom. The first-order chi connectivity index (χ1) is 15.1. The van der Waals surface area contributed by atoms with Crippen LogP contribution in [0, 0.1) is 6.92 Å². The van der Waals surface area contributed by atoms with Crippen molar-refractivity contribution in [3.05, 3.63) is 94.5 Å². The molecular weight excluding hydrogens is 388 g/mol. The summed E-state index contributed by atoms with van der Waals surface area (Å²) in [4.78, 5) is 16.2. The summed E-state index contributed by atoms with van der Waals surface area (Å²) < 4.78 is 5.87. The Kier molecular flexibility index (Phi) is 7.44. The van der Waals surface area contributed by atoms with Crippen molar-refractivity contribution in [3.63, 3.8) is 0 Å². The van der Waals surface area contributed by atoms with Gasteiger partial charge < -0.3 is 15.2 Å². The van der Waals surface area contributed by atoms with E-state index in [-0.39, 0.29) is 6.61 Å². The van der Waals surface area contributed by atoms with Gasteiger partial charge in [-0.15, -0.1) is 0 Å². The first kappa shape index (κ1) is 22.1. The molecule has 0 unspecified atom stereocenters. The van der Waals surface area contributed by atoms with Gasteiger partial charge in [-0.3, -0.25) is 4.99 Å². The third-order valence-corrected chi connectivity index (χ3v) is 4.97. The van der Waals surface area contributed by atoms with Crippen molar-refractivity contribution in [2.75, 3.05) is 5.32 Å². The number of hydrogen-bond donors (Lipinski definition) is 2. The van der Waals surface area contributed by atoms with Crippen molar-refractivity contribution in [2.24, 2.45) is 4.99 Å². The van der Waals surface area contributed by atoms with Crippen LogP contribution in [-0.2, 0) is 19.6 Å². The molecule has 0 saturated heterocycles. The highest BCUT2D eigenvalue weighted by Gasteiger charge is 2.15. The number of carboxylic acids is 1. The molecule has 0 atom stereocenters. The molecule has 2 N–H and O–H groups in total. The molecule has 3 aromatic rings. The fraction of sp³-hybridized carbons (Fsp3) is 0.231. The number of aromatic carboxylic acids is 1. The van der Waals surface area contributed by atoms with E-state index >= 15 is 0 Å². The summed E-state index contributed by atoms with van der Waals surface area (Å²) in [5.41, 5.74) is 5.12. The monoisotopic (exact) mass is 416 g/mol. The van der Waals surface area contributed by atoms with Crippen LogP contribution >= 0.6 is 0 Å². The number of benzene rings is 3. The van der Waals surface area contributed by atoms with Crippen LogP contribution in [0.2, 0.25) is 0 Å². The molecule has 1 aliphatic rings. The van der Waals surface area contributed by atoms with Crippen LogP contribution in [0.5, 0.6) is 5.75 Å². The summed E-state index contributed by atoms with van der Waals surface area (Å²) in [6.07, 6.45) is 0.817. The summed E-state index contributed by atoms with van der Waals surface area (Å²) in [6, 6.07) is 21.4. The Balaban J connectivity index is 0.00000132. The fourth-order valence-electron chi connectivity index (χ4n) is 3.51. The number of hydrogen-bond acceptors (Lipinski definition) is 3. The molecule has 4 rings (SSSR count). The van der Waals surface area contributed by atoms with Gasteiger partial charge in [0, 0.05) is 17.7 Å². The maximum absolute atomic E-state index is 11.5. The summed E-state index contributed by atoms with van der Waals surface area (Å²) in [6.45, 7) is 6.55. The average Bonchev–Trinajstić information content (AvgIpc) is 3.21. The third-order valence-electron chi connectivity index (χ3n) is 4.97. The summed E-state index contributed by atoms with van der Waals surface area (Å²) in [7, 11) is 0. The van der Waals surface area contributed by atoms with Crippen molar-refractivity contribution in [3.8, 4) is 5.75 Å². The lowest BCUT2D eigenvalue weighted by atomic mass is 10.0. The minimum atomic E-state index is -0.934. The molecule has 0 spiro atoms. The lowest BCUT2D eigenvalue weighted by Crippen LogP contribution is -2.08. The Labute approximate surface area is 183 Å². The zero-order valence-electron chi connectivity index (χ0n) is 18.2. The Morgan fingerprint density at radius 1 is 1.06 bits per heavy atom. The summed E-state index contributed by atoms with van der Waals surface area (Å²) in [5.74, 6) is 0.725. The van der Waals surface area contributed by atoms with E-state index in [1.165, 1.54) is 5.56 Å². The van der Waals surface area contributed by atoms with Crippen molar-refractivity contribution < 1.29 is 14.6 Å². The molecule has 31 heavy (non-hydrogen) atoms. The molecule has 160 valence electrons. The largest absolute Gasteiger partial charge is 0.489 e. The second-order valence-electron chi connectivity index (χ2n) is 7.07. The topological polar surface area (TPSA) is 70.9 Å². The van der Waals surface area contributed by atoms with Crippen LogP contribution in [0.1, 0.15) is 46.5 Å². The lowest BCUT2D eigenvalue weighted by molar-refractivity contribution is 0.0693. The number of para-hydroxylation sites is 1. The normalized spacial score (nSPS) is 13.1. The maximum atomic E-state index is 11.5. The number of fused-ring (bicyclic) bond motifs is 1. The minimum Gasteiger partial charge on any atom is -0.489 e. The van der Waals surface area contributed by atoms with Gasteiger partial charge in [-0.2, -0.15) is 0 Å². The number of amidine groups is 1. The highest BCUT2D eigenvalue weighted by molar-refractivity contribution is 6.02. The Bertz CT molecular complexity index is 1060. The number of nitrogens with zero attached hydrogens (tertiary/aromatic N) is 1. The lowest BCUT2D eigenvalue weighted by Gasteiger charge is -2.11. The minimum absolute atomic E-state index is 0.206. The van der Waals surface area contributed by atoms with E-state index in [1.54, 1.807) is 19.1 Å². The fourth-order valence-corrected chi connectivity index (χ4v) is 3.51. The highest BCUT2D eigenvalue weighted by atomic mass is 16.5. The quantitative estimate of drug-likeness (QED) is 0.528. The average molecular weight is 417 g/mol. The van der Waals surface area contributed by atoms with Gasteiger partial charge in [0.2, 0.25) is 0 Å². The van der Waals surface area contributed by atoms with Gasteiger partial charge in [0.25, 0.3) is 0 Å². The summed E-state index contributed by atoms with van der Waals surface area (Å²) >= 11 is 0. The molecule has 5 nitrogen and oxygen atoms in total. The number of aliphatic imine (C=N–C) groups is 1. The number of ether oxygens (including phenoxy) is 1. The summed E-state index contributed by atoms with van der Waals surface area (Å²) in [5, 5.41) is 12.8. The number of carbonyl (C=O) groups is 1. The number of nitrogens with one attached hydrogen (secondary N) is 1. The van der Waals surface area contributed by atoms with E-state index in [0.29, 0.717) is 23.4 Å². The van der Waals surface area contributed by atoms with Crippen LogP contribution in [0.15, 0.2) is 71.7 Å². The molecule has 0 bridgehead atoms. The van der Waals surface area contributed by atoms with Gasteiger partial charge in [-0.25, -0.2) is 4.79 Å². The Morgan fingerprint density at radius 3 is 2.61 bits per heavy atom. The van der Waals surface area contributed by atoms with E-state index in [2.05, 4.69) is 22.4 Å². The van der Waals surface area contributed by atoms with Gasteiger partial charge in [0.05, 0.1) is 12.1 Å². The maximum Gasteiger partial charge on any atom is 0.336 e. The van der Waals surface area contributed by atoms with Crippen molar-refractivity contribution in [1.82, 2.24) is 0 Å². The second kappa shape index (κ2) is 10.4. The van der Waals surface area contributed by atoms with Crippen molar-refractivity contribution in [1.29, 1.82) is 0 Å². The van der Waals surface area contributed by atoms with E-state index < -0.39 is 5.97 Å². The predicted molar refractivity (Wildman–Crippen MR) is 125 cm³/mol. The van der Waals surface area contributed by atoms with Gasteiger partial charge >= 0.3 is 5.97 Å². The SMILES string of the molecule is CC.Cc1cccc(COc2cccc(CN=C3Cc4ccccc4N3)c2)c1C(=O)O. The molecule has 5 heteroatoms. The molecule has 1 aliphatic heterocycles. The van der Waals surface area contributed by atoms with Crippen LogP contribution in [0.25, 0.3) is 0 Å². The predicted octanol–water partition coefficient (Wildman–Crippen LogP) is 5.87. The molecule has 0 aromatic heterocycles. The first-order valence-corrected chi connectivity index (χ1v) is 10.5. The molecule has 0 fully saturated rings. The molecule has 0 saturated carbocycles. The molecule has 0 aliphatic carbocycles. The zero-order valence-corrected chi connectivity index (χ0v) is 18.2. The van der Waals surface area contributed by atoms with Gasteiger partial charge in [0.15, 0.2) is 0 Å². The van der Waals surface area contributed by atoms with E-state index in [4.69, 9.17) is 4.74 Å². The zero-order chi connectivity index (χ0) is 22.2. The van der Waals surface area contributed by atoms with Crippen LogP contribution in [-0.4, -0.2) is 16.9 Å². The van der Waals surface area contributed by atoms with E-state index in [9.17, 15) is 9.90 Å². The number of carboxylic acid groups (broad SMARTS) is 1. The number of rotatable bonds is 6. The molecular formula is C26H28N2O3. The smallest absolute Gasteiger partial charge is 0.336 e. The number of aryl methyl sites for hydroxylation is 1. The van der Waals surface area contributed by atoms with Crippen LogP contribution in [0.4, 0.5) is 5.69 Å². The second-order valence-corrected chi connectivity index (χ2v) is 7.07. The number of anilines is 1. The highest BCUT2D eigenvalue weighted by Crippen LogP contribution is 2.23. The first-order valence-electron chi connectivity index (χ1n) is 10.5. The Hall–Kier alpha value is -3.60. The van der Waals surface area contributed by atoms with Crippen molar-refractivity contribution >= 4 is 17.5 Å².